The number of carboxylic acids is 1. The Kier molecular flexibility index (Phi) is 6.65. The van der Waals surface area contributed by atoms with Crippen molar-refractivity contribution >= 4 is 5.97 Å². The van der Waals surface area contributed by atoms with Gasteiger partial charge in [0, 0.05) is 0 Å². The highest BCUT2D eigenvalue weighted by Crippen LogP contribution is 2.20. The third-order valence-electron chi connectivity index (χ3n) is 3.22. The van der Waals surface area contributed by atoms with Crippen LogP contribution in [0.1, 0.15) is 41.5 Å². The van der Waals surface area contributed by atoms with E-state index in [9.17, 15) is 4.79 Å². The lowest BCUT2D eigenvalue weighted by atomic mass is 9.85. The fourth-order valence-corrected chi connectivity index (χ4v) is 2.11. The smallest absolute Gasteiger partial charge is 0.320 e. The fourth-order valence-electron chi connectivity index (χ4n) is 2.11. The highest BCUT2D eigenvalue weighted by molar-refractivity contribution is 5.73. The maximum atomic E-state index is 11.0. The van der Waals surface area contributed by atoms with Crippen molar-refractivity contribution in [3.05, 3.63) is 0 Å². The van der Waals surface area contributed by atoms with Crippen molar-refractivity contribution in [2.24, 2.45) is 23.7 Å². The van der Waals surface area contributed by atoms with E-state index in [0.717, 1.165) is 6.54 Å². The first-order chi connectivity index (χ1) is 7.27. The number of carbonyl (C=O) groups is 1. The maximum absolute atomic E-state index is 11.0. The molecule has 0 fully saturated rings. The molecule has 16 heavy (non-hydrogen) atoms. The van der Waals surface area contributed by atoms with Crippen LogP contribution in [0.15, 0.2) is 0 Å². The van der Waals surface area contributed by atoms with Gasteiger partial charge < -0.3 is 10.4 Å². The van der Waals surface area contributed by atoms with Gasteiger partial charge in [0.25, 0.3) is 0 Å². The molecule has 1 atom stereocenters. The molecule has 0 aromatic carbocycles. The van der Waals surface area contributed by atoms with Crippen LogP contribution in [0.5, 0.6) is 0 Å². The van der Waals surface area contributed by atoms with E-state index >= 15 is 0 Å². The van der Waals surface area contributed by atoms with Crippen molar-refractivity contribution in [3.8, 4) is 0 Å². The van der Waals surface area contributed by atoms with E-state index in [4.69, 9.17) is 5.11 Å². The van der Waals surface area contributed by atoms with Crippen LogP contribution in [0.25, 0.3) is 0 Å². The summed E-state index contributed by atoms with van der Waals surface area (Å²) in [7, 11) is 0. The zero-order chi connectivity index (χ0) is 12.9. The quantitative estimate of drug-likeness (QED) is 0.705. The van der Waals surface area contributed by atoms with E-state index in [-0.39, 0.29) is 5.92 Å². The number of aliphatic carboxylic acids is 1. The Labute approximate surface area is 99.6 Å². The van der Waals surface area contributed by atoms with Gasteiger partial charge in [0.2, 0.25) is 0 Å². The molecule has 0 radical (unpaired) electrons. The first-order valence-electron chi connectivity index (χ1n) is 6.23. The van der Waals surface area contributed by atoms with Crippen LogP contribution in [0.4, 0.5) is 0 Å². The molecule has 0 bridgehead atoms. The Morgan fingerprint density at radius 2 is 1.44 bits per heavy atom. The summed E-state index contributed by atoms with van der Waals surface area (Å²) in [6.07, 6.45) is 0. The molecule has 0 aromatic rings. The van der Waals surface area contributed by atoms with Crippen molar-refractivity contribution < 1.29 is 9.90 Å². The lowest BCUT2D eigenvalue weighted by Gasteiger charge is -2.28. The Balaban J connectivity index is 4.32. The summed E-state index contributed by atoms with van der Waals surface area (Å²) in [4.78, 5) is 11.0. The molecule has 0 amide bonds. The van der Waals surface area contributed by atoms with Crippen LogP contribution < -0.4 is 5.32 Å². The summed E-state index contributed by atoms with van der Waals surface area (Å²) < 4.78 is 0. The highest BCUT2D eigenvalue weighted by Gasteiger charge is 2.24. The second-order valence-corrected chi connectivity index (χ2v) is 5.62. The zero-order valence-electron chi connectivity index (χ0n) is 11.4. The van der Waals surface area contributed by atoms with E-state index in [0.29, 0.717) is 17.8 Å². The Hall–Kier alpha value is -0.570. The minimum absolute atomic E-state index is 0.123. The van der Waals surface area contributed by atoms with Gasteiger partial charge in [0.1, 0.15) is 6.04 Å². The highest BCUT2D eigenvalue weighted by atomic mass is 16.4. The van der Waals surface area contributed by atoms with Crippen molar-refractivity contribution in [1.29, 1.82) is 0 Å². The lowest BCUT2D eigenvalue weighted by molar-refractivity contribution is -0.140. The van der Waals surface area contributed by atoms with Crippen LogP contribution in [0.3, 0.4) is 0 Å². The monoisotopic (exact) mass is 229 g/mol. The maximum Gasteiger partial charge on any atom is 0.320 e. The van der Waals surface area contributed by atoms with E-state index in [1.165, 1.54) is 0 Å². The van der Waals surface area contributed by atoms with Gasteiger partial charge in [0.15, 0.2) is 0 Å². The predicted octanol–water partition coefficient (Wildman–Crippen LogP) is 2.61. The molecule has 0 saturated carbocycles. The standard InChI is InChI=1S/C13H27NO2/c1-8(2)11(9(3)4)7-14-12(10(5)6)13(15)16/h8-12,14H,7H2,1-6H3,(H,15,16)/t12-/m0/s1. The predicted molar refractivity (Wildman–Crippen MR) is 67.4 cm³/mol. The van der Waals surface area contributed by atoms with Crippen LogP contribution in [0, 0.1) is 23.7 Å². The van der Waals surface area contributed by atoms with Crippen molar-refractivity contribution in [2.75, 3.05) is 6.54 Å². The van der Waals surface area contributed by atoms with Crippen molar-refractivity contribution in [3.63, 3.8) is 0 Å². The molecular formula is C13H27NO2. The molecule has 3 nitrogen and oxygen atoms in total. The molecule has 0 aliphatic heterocycles. The Morgan fingerprint density at radius 3 is 1.69 bits per heavy atom. The molecule has 2 N–H and O–H groups in total. The summed E-state index contributed by atoms with van der Waals surface area (Å²) in [5.74, 6) is 1.06. The van der Waals surface area contributed by atoms with Gasteiger partial charge in [-0.15, -0.1) is 0 Å². The minimum atomic E-state index is -0.749. The zero-order valence-corrected chi connectivity index (χ0v) is 11.4. The van der Waals surface area contributed by atoms with Gasteiger partial charge in [0.05, 0.1) is 0 Å². The molecule has 0 unspecified atom stereocenters. The SMILES string of the molecule is CC(C)C(CN[C@H](C(=O)O)C(C)C)C(C)C. The number of hydrogen-bond donors (Lipinski definition) is 2. The summed E-state index contributed by atoms with van der Waals surface area (Å²) in [6.45, 7) is 13.4. The second kappa shape index (κ2) is 6.89. The summed E-state index contributed by atoms with van der Waals surface area (Å²) in [6, 6.07) is -0.431. The third kappa shape index (κ3) is 4.97. The van der Waals surface area contributed by atoms with Gasteiger partial charge >= 0.3 is 5.97 Å². The molecular weight excluding hydrogens is 202 g/mol. The summed E-state index contributed by atoms with van der Waals surface area (Å²) in [5.41, 5.74) is 0. The van der Waals surface area contributed by atoms with E-state index < -0.39 is 12.0 Å². The fraction of sp³-hybridized carbons (Fsp3) is 0.923. The minimum Gasteiger partial charge on any atom is -0.480 e. The van der Waals surface area contributed by atoms with E-state index in [2.05, 4.69) is 33.0 Å². The van der Waals surface area contributed by atoms with Gasteiger partial charge in [-0.1, -0.05) is 41.5 Å². The van der Waals surface area contributed by atoms with Gasteiger partial charge in [-0.25, -0.2) is 0 Å². The van der Waals surface area contributed by atoms with Crippen LogP contribution in [-0.2, 0) is 4.79 Å². The molecule has 0 aliphatic carbocycles. The molecule has 0 spiro atoms. The molecule has 3 heteroatoms. The second-order valence-electron chi connectivity index (χ2n) is 5.62. The van der Waals surface area contributed by atoms with Crippen molar-refractivity contribution in [2.45, 2.75) is 47.6 Å². The number of nitrogens with one attached hydrogen (secondary N) is 1. The Bertz CT molecular complexity index is 204. The Morgan fingerprint density at radius 1 is 1.00 bits per heavy atom. The first kappa shape index (κ1) is 15.4. The first-order valence-corrected chi connectivity index (χ1v) is 6.23. The summed E-state index contributed by atoms with van der Waals surface area (Å²) >= 11 is 0. The summed E-state index contributed by atoms with van der Waals surface area (Å²) in [5, 5.41) is 12.3. The van der Waals surface area contributed by atoms with E-state index in [1.54, 1.807) is 0 Å². The molecule has 0 heterocycles. The van der Waals surface area contributed by atoms with Crippen LogP contribution in [-0.4, -0.2) is 23.7 Å². The third-order valence-corrected chi connectivity index (χ3v) is 3.22. The largest absolute Gasteiger partial charge is 0.480 e. The van der Waals surface area contributed by atoms with Gasteiger partial charge in [-0.3, -0.25) is 4.79 Å². The van der Waals surface area contributed by atoms with Gasteiger partial charge in [-0.2, -0.15) is 0 Å². The van der Waals surface area contributed by atoms with E-state index in [1.807, 2.05) is 13.8 Å². The number of hydrogen-bond acceptors (Lipinski definition) is 2. The molecule has 0 rings (SSSR count). The average Bonchev–Trinajstić information content (AvgIpc) is 2.09. The molecule has 0 saturated heterocycles. The molecule has 0 aliphatic rings. The van der Waals surface area contributed by atoms with Crippen molar-refractivity contribution in [1.82, 2.24) is 5.32 Å². The lowest BCUT2D eigenvalue weighted by Crippen LogP contribution is -2.44. The number of rotatable bonds is 7. The average molecular weight is 229 g/mol. The normalized spacial score (nSPS) is 14.1. The van der Waals surface area contributed by atoms with Crippen LogP contribution >= 0.6 is 0 Å². The topological polar surface area (TPSA) is 49.3 Å². The number of carboxylic acid groups (broad SMARTS) is 1. The van der Waals surface area contributed by atoms with Gasteiger partial charge in [-0.05, 0) is 30.2 Å². The molecule has 96 valence electrons. The van der Waals surface area contributed by atoms with Crippen LogP contribution in [0.2, 0.25) is 0 Å². The molecule has 0 aromatic heterocycles.